The molecule has 5 rings (SSSR count). The number of fused-ring (bicyclic) bond motifs is 5. The predicted molar refractivity (Wildman–Crippen MR) is 165 cm³/mol. The van der Waals surface area contributed by atoms with Gasteiger partial charge in [-0.2, -0.15) is 0 Å². The Labute approximate surface area is 292 Å². The highest BCUT2D eigenvalue weighted by Gasteiger charge is 2.90. The van der Waals surface area contributed by atoms with E-state index in [1.165, 1.54) is 32.2 Å². The van der Waals surface area contributed by atoms with Crippen molar-refractivity contribution < 1.29 is 76.9 Å². The Morgan fingerprint density at radius 1 is 0.941 bits per heavy atom. The van der Waals surface area contributed by atoms with Crippen LogP contribution in [0.4, 0.5) is 0 Å². The fraction of sp³-hybridized carbons (Fsp3) is 0.647. The summed E-state index contributed by atoms with van der Waals surface area (Å²) in [5, 5.41) is 25.3. The monoisotopic (exact) mass is 719 g/mol. The molecule has 17 heteroatoms. The van der Waals surface area contributed by atoms with E-state index in [9.17, 15) is 43.8 Å². The lowest BCUT2D eigenvalue weighted by molar-refractivity contribution is -0.376. The summed E-state index contributed by atoms with van der Waals surface area (Å²) in [5.41, 5.74) is -10.1. The molecule has 2 aliphatic carbocycles. The van der Waals surface area contributed by atoms with E-state index in [0.29, 0.717) is 0 Å². The number of nitrogens with zero attached hydrogens (tertiary/aromatic N) is 1. The van der Waals surface area contributed by atoms with Crippen molar-refractivity contribution in [2.24, 2.45) is 17.3 Å². The summed E-state index contributed by atoms with van der Waals surface area (Å²) >= 11 is 0. The van der Waals surface area contributed by atoms with Crippen LogP contribution in [0.25, 0.3) is 0 Å². The largest absolute Gasteiger partial charge is 0.465 e. The zero-order valence-electron chi connectivity index (χ0n) is 29.3. The van der Waals surface area contributed by atoms with Crippen LogP contribution in [-0.2, 0) is 61.9 Å². The maximum Gasteiger partial charge on any atom is 0.340 e. The van der Waals surface area contributed by atoms with E-state index in [-0.39, 0.29) is 11.3 Å². The van der Waals surface area contributed by atoms with E-state index in [2.05, 4.69) is 4.98 Å². The van der Waals surface area contributed by atoms with Crippen LogP contribution in [0.15, 0.2) is 18.3 Å². The van der Waals surface area contributed by atoms with Crippen molar-refractivity contribution in [2.75, 3.05) is 13.2 Å². The smallest absolute Gasteiger partial charge is 0.340 e. The fourth-order valence-corrected chi connectivity index (χ4v) is 8.41. The molecule has 4 aliphatic rings. The number of aliphatic hydroxyl groups is 2. The Kier molecular flexibility index (Phi) is 9.58. The molecule has 0 radical (unpaired) electrons. The first kappa shape index (κ1) is 37.8. The number of carbonyl (C=O) groups is 7. The SMILES string of the molecule is CC(=O)OC[C@]12[C@H](OC(C)=O)C(=O)[C@@H]3C(O)[C@@]14O[C@@]3(C)COC(=O)c1cccnc1[C@@H](C)[C@H](C)C(=O)O[C@@H]([C@H](OC(C)=O)[C@@H]2OC(C)=O)[C@]4(C)O. The van der Waals surface area contributed by atoms with Crippen LogP contribution in [0.3, 0.4) is 0 Å². The molecule has 17 nitrogen and oxygen atoms in total. The van der Waals surface area contributed by atoms with Crippen LogP contribution in [-0.4, -0.2) is 117 Å². The van der Waals surface area contributed by atoms with Crippen molar-refractivity contribution in [1.29, 1.82) is 0 Å². The molecule has 1 aromatic rings. The molecule has 1 unspecified atom stereocenters. The van der Waals surface area contributed by atoms with Crippen LogP contribution in [0.1, 0.15) is 77.4 Å². The molecule has 1 aromatic heterocycles. The Balaban J connectivity index is 1.91. The second-order valence-corrected chi connectivity index (χ2v) is 14.0. The number of aliphatic hydroxyl groups excluding tert-OH is 1. The Hall–Kier alpha value is -4.48. The van der Waals surface area contributed by atoms with Gasteiger partial charge in [0, 0.05) is 39.8 Å². The Morgan fingerprint density at radius 3 is 2.16 bits per heavy atom. The van der Waals surface area contributed by atoms with Crippen molar-refractivity contribution in [3.8, 4) is 0 Å². The molecule has 2 aliphatic heterocycles. The van der Waals surface area contributed by atoms with Gasteiger partial charge < -0.3 is 43.4 Å². The number of ketones is 1. The molecule has 51 heavy (non-hydrogen) atoms. The summed E-state index contributed by atoms with van der Waals surface area (Å²) < 4.78 is 40.8. The number of esters is 6. The molecular formula is C34H41NO16. The van der Waals surface area contributed by atoms with Crippen molar-refractivity contribution in [1.82, 2.24) is 4.98 Å². The number of pyridine rings is 1. The molecule has 4 bridgehead atoms. The molecule has 3 heterocycles. The van der Waals surface area contributed by atoms with Crippen LogP contribution in [0.5, 0.6) is 0 Å². The van der Waals surface area contributed by atoms with Crippen LogP contribution >= 0.6 is 0 Å². The van der Waals surface area contributed by atoms with Gasteiger partial charge in [0.1, 0.15) is 35.4 Å². The second-order valence-electron chi connectivity index (χ2n) is 14.0. The van der Waals surface area contributed by atoms with Crippen molar-refractivity contribution >= 4 is 41.6 Å². The second kappa shape index (κ2) is 12.9. The number of hydrogen-bond donors (Lipinski definition) is 2. The minimum atomic E-state index is -2.78. The van der Waals surface area contributed by atoms with Crippen LogP contribution in [0, 0.1) is 17.3 Å². The number of hydrogen-bond acceptors (Lipinski definition) is 17. The van der Waals surface area contributed by atoms with Crippen molar-refractivity contribution in [2.45, 2.75) is 109 Å². The predicted octanol–water partition coefficient (Wildman–Crippen LogP) is 0.100. The third-order valence-electron chi connectivity index (χ3n) is 10.7. The van der Waals surface area contributed by atoms with Gasteiger partial charge in [0.05, 0.1) is 29.2 Å². The van der Waals surface area contributed by atoms with Crippen LogP contribution < -0.4 is 0 Å². The molecule has 2 saturated carbocycles. The standard InChI is InChI=1S/C34H41NO16/c1-14-15(2)29(42)50-27-24(47-17(4)37)28(49-19(6)39)33(13-45-16(3)36)26(48-18(5)38)23(40)21-25(41)34(33,32(27,8)44)51-31(21,7)12-46-30(43)20-10-9-11-35-22(14)20/h9-11,14-15,21,24-28,41,44H,12-13H2,1-8H3/t14-,15-,21+,24-,25?,26+,27-,28-,31-,32-,33+,34-/m0/s1. The van der Waals surface area contributed by atoms with E-state index in [0.717, 1.165) is 34.6 Å². The average molecular weight is 720 g/mol. The van der Waals surface area contributed by atoms with Gasteiger partial charge in [0.15, 0.2) is 30.2 Å². The van der Waals surface area contributed by atoms with Crippen molar-refractivity contribution in [3.63, 3.8) is 0 Å². The molecule has 12 atom stereocenters. The zero-order chi connectivity index (χ0) is 38.0. The lowest BCUT2D eigenvalue weighted by Gasteiger charge is -2.66. The molecule has 1 saturated heterocycles. The normalized spacial score (nSPS) is 40.2. The molecule has 0 aromatic carbocycles. The minimum absolute atomic E-state index is 0.0294. The first-order valence-electron chi connectivity index (χ1n) is 16.3. The van der Waals surface area contributed by atoms with Crippen LogP contribution in [0.2, 0.25) is 0 Å². The van der Waals surface area contributed by atoms with Gasteiger partial charge in [-0.1, -0.05) is 13.8 Å². The number of cyclic esters (lactones) is 1. The number of rotatable bonds is 5. The minimum Gasteiger partial charge on any atom is -0.465 e. The lowest BCUT2D eigenvalue weighted by atomic mass is 9.45. The average Bonchev–Trinajstić information content (AvgIpc) is 3.25. The highest BCUT2D eigenvalue weighted by atomic mass is 16.7. The highest BCUT2D eigenvalue weighted by molar-refractivity contribution is 5.94. The number of aromatic nitrogens is 1. The number of Topliss-reactive ketones (excluding diaryl/α,β-unsaturated/α-hetero) is 1. The van der Waals surface area contributed by atoms with E-state index in [1.807, 2.05) is 0 Å². The van der Waals surface area contributed by atoms with Gasteiger partial charge in [-0.3, -0.25) is 33.8 Å². The highest BCUT2D eigenvalue weighted by Crippen LogP contribution is 2.68. The zero-order valence-corrected chi connectivity index (χ0v) is 29.3. The van der Waals surface area contributed by atoms with Gasteiger partial charge in [0.2, 0.25) is 0 Å². The van der Waals surface area contributed by atoms with E-state index in [4.69, 9.17) is 33.2 Å². The summed E-state index contributed by atoms with van der Waals surface area (Å²) in [6, 6.07) is 2.89. The third kappa shape index (κ3) is 5.56. The van der Waals surface area contributed by atoms with Gasteiger partial charge in [-0.15, -0.1) is 0 Å². The number of carbonyl (C=O) groups excluding carboxylic acids is 7. The molecular weight excluding hydrogens is 678 g/mol. The van der Waals surface area contributed by atoms with Crippen molar-refractivity contribution in [3.05, 3.63) is 29.6 Å². The Bertz CT molecular complexity index is 1670. The third-order valence-corrected chi connectivity index (χ3v) is 10.7. The molecule has 0 amide bonds. The van der Waals surface area contributed by atoms with Gasteiger partial charge in [-0.25, -0.2) is 4.79 Å². The summed E-state index contributed by atoms with van der Waals surface area (Å²) in [7, 11) is 0. The molecule has 1 spiro atoms. The quantitative estimate of drug-likeness (QED) is 0.303. The lowest BCUT2D eigenvalue weighted by Crippen LogP contribution is -2.88. The summed E-state index contributed by atoms with van der Waals surface area (Å²) in [6.45, 7) is 7.48. The van der Waals surface area contributed by atoms with E-state index >= 15 is 0 Å². The summed E-state index contributed by atoms with van der Waals surface area (Å²) in [4.78, 5) is 97.6. The maximum absolute atomic E-state index is 14.7. The number of ether oxygens (including phenoxy) is 7. The Morgan fingerprint density at radius 2 is 1.57 bits per heavy atom. The molecule has 3 fully saturated rings. The van der Waals surface area contributed by atoms with Gasteiger partial charge in [-0.05, 0) is 26.0 Å². The maximum atomic E-state index is 14.7. The van der Waals surface area contributed by atoms with Gasteiger partial charge in [0.25, 0.3) is 0 Å². The van der Waals surface area contributed by atoms with Gasteiger partial charge >= 0.3 is 35.8 Å². The summed E-state index contributed by atoms with van der Waals surface area (Å²) in [5.74, 6) is -10.8. The van der Waals surface area contributed by atoms with E-state index < -0.39 is 125 Å². The topological polar surface area (TPSA) is 237 Å². The first-order valence-corrected chi connectivity index (χ1v) is 16.3. The molecule has 2 N–H and O–H groups in total. The fourth-order valence-electron chi connectivity index (χ4n) is 8.41. The first-order chi connectivity index (χ1) is 23.7. The summed E-state index contributed by atoms with van der Waals surface area (Å²) in [6.07, 6.45) is -9.04. The molecule has 278 valence electrons. The van der Waals surface area contributed by atoms with E-state index in [1.54, 1.807) is 6.92 Å².